The molecule has 0 saturated heterocycles. The van der Waals surface area contributed by atoms with Crippen LogP contribution in [0, 0.1) is 19.8 Å². The maximum Gasteiger partial charge on any atom is 0.336 e. The number of hydrogen-bond donors (Lipinski definition) is 1. The fourth-order valence-electron chi connectivity index (χ4n) is 4.28. The second kappa shape index (κ2) is 10.4. The fourth-order valence-corrected chi connectivity index (χ4v) is 4.65. The summed E-state index contributed by atoms with van der Waals surface area (Å²) >= 11 is 3.60. The SMILES string of the molecule is Cc1ccc(-n2c(C)ccc2-c2cc(Br)ccc2OCC2CCCC2)cc1C(=O)O.[Na]. The van der Waals surface area contributed by atoms with Crippen LogP contribution in [-0.2, 0) is 0 Å². The smallest absolute Gasteiger partial charge is 0.336 e. The molecule has 1 N–H and O–H groups in total. The first-order chi connectivity index (χ1) is 14.4. The summed E-state index contributed by atoms with van der Waals surface area (Å²) in [6, 6.07) is 15.8. The number of aromatic nitrogens is 1. The van der Waals surface area contributed by atoms with Gasteiger partial charge in [-0.15, -0.1) is 0 Å². The van der Waals surface area contributed by atoms with Gasteiger partial charge in [0.1, 0.15) is 5.75 Å². The van der Waals surface area contributed by atoms with Crippen molar-refractivity contribution >= 4 is 51.5 Å². The van der Waals surface area contributed by atoms with E-state index in [-0.39, 0.29) is 29.6 Å². The first kappa shape index (κ1) is 24.1. The molecule has 1 saturated carbocycles. The van der Waals surface area contributed by atoms with E-state index in [1.54, 1.807) is 6.07 Å². The second-order valence-corrected chi connectivity index (χ2v) is 9.02. The molecule has 0 unspecified atom stereocenters. The third-order valence-corrected chi connectivity index (χ3v) is 6.45. The molecule has 1 aliphatic carbocycles. The predicted molar refractivity (Wildman–Crippen MR) is 129 cm³/mol. The maximum atomic E-state index is 11.7. The molecule has 0 atom stereocenters. The summed E-state index contributed by atoms with van der Waals surface area (Å²) in [5.74, 6) is 0.573. The van der Waals surface area contributed by atoms with Crippen molar-refractivity contribution < 1.29 is 14.6 Å². The van der Waals surface area contributed by atoms with Crippen molar-refractivity contribution in [2.75, 3.05) is 6.61 Å². The van der Waals surface area contributed by atoms with Crippen molar-refractivity contribution in [3.05, 3.63) is 69.8 Å². The first-order valence-corrected chi connectivity index (χ1v) is 11.2. The second-order valence-electron chi connectivity index (χ2n) is 8.10. The monoisotopic (exact) mass is 490 g/mol. The van der Waals surface area contributed by atoms with Gasteiger partial charge in [0, 0.05) is 51.0 Å². The van der Waals surface area contributed by atoms with Crippen LogP contribution in [0.3, 0.4) is 0 Å². The molecule has 0 amide bonds. The Morgan fingerprint density at radius 3 is 2.55 bits per heavy atom. The van der Waals surface area contributed by atoms with Crippen LogP contribution in [0.25, 0.3) is 16.9 Å². The Hall–Kier alpha value is -1.53. The standard InChI is InChI=1S/C25H26BrNO3.Na/c1-16-7-10-20(14-21(16)25(28)29)27-17(2)8-11-23(27)22-13-19(26)9-12-24(22)30-15-18-5-3-4-6-18;/h7-14,18H,3-6,15H2,1-2H3,(H,28,29);. The van der Waals surface area contributed by atoms with E-state index in [1.165, 1.54) is 25.7 Å². The number of nitrogens with zero attached hydrogens (tertiary/aromatic N) is 1. The Kier molecular flexibility index (Phi) is 8.08. The van der Waals surface area contributed by atoms with Crippen molar-refractivity contribution in [1.82, 2.24) is 4.57 Å². The minimum absolute atomic E-state index is 0. The summed E-state index contributed by atoms with van der Waals surface area (Å²) in [4.78, 5) is 11.7. The van der Waals surface area contributed by atoms with Crippen molar-refractivity contribution in [1.29, 1.82) is 0 Å². The number of halogens is 1. The van der Waals surface area contributed by atoms with E-state index in [2.05, 4.69) is 38.7 Å². The molecule has 4 nitrogen and oxygen atoms in total. The van der Waals surface area contributed by atoms with Crippen LogP contribution >= 0.6 is 15.9 Å². The summed E-state index contributed by atoms with van der Waals surface area (Å²) < 4.78 is 9.35. The Morgan fingerprint density at radius 2 is 1.84 bits per heavy atom. The van der Waals surface area contributed by atoms with Crippen LogP contribution < -0.4 is 4.74 Å². The third kappa shape index (κ3) is 5.28. The van der Waals surface area contributed by atoms with E-state index in [9.17, 15) is 9.90 Å². The average Bonchev–Trinajstić information content (AvgIpc) is 3.37. The van der Waals surface area contributed by atoms with Gasteiger partial charge in [0.05, 0.1) is 17.9 Å². The summed E-state index contributed by atoms with van der Waals surface area (Å²) in [6.07, 6.45) is 5.07. The van der Waals surface area contributed by atoms with Crippen LogP contribution in [0.5, 0.6) is 5.75 Å². The summed E-state index contributed by atoms with van der Waals surface area (Å²) in [6.45, 7) is 4.59. The third-order valence-electron chi connectivity index (χ3n) is 5.95. The van der Waals surface area contributed by atoms with Gasteiger partial charge in [0.15, 0.2) is 0 Å². The van der Waals surface area contributed by atoms with E-state index in [0.717, 1.165) is 45.0 Å². The summed E-state index contributed by atoms with van der Waals surface area (Å²) in [7, 11) is 0. The predicted octanol–water partition coefficient (Wildman–Crippen LogP) is 6.41. The molecule has 0 bridgehead atoms. The Labute approximate surface area is 214 Å². The number of carbonyl (C=O) groups is 1. The van der Waals surface area contributed by atoms with Gasteiger partial charge in [-0.05, 0) is 80.6 Å². The quantitative estimate of drug-likeness (QED) is 0.406. The molecule has 157 valence electrons. The van der Waals surface area contributed by atoms with Gasteiger partial charge < -0.3 is 14.4 Å². The minimum atomic E-state index is -0.913. The maximum absolute atomic E-state index is 11.7. The van der Waals surface area contributed by atoms with Crippen LogP contribution in [-0.4, -0.2) is 51.8 Å². The van der Waals surface area contributed by atoms with Crippen molar-refractivity contribution in [2.45, 2.75) is 39.5 Å². The van der Waals surface area contributed by atoms with Crippen LogP contribution in [0.15, 0.2) is 53.0 Å². The van der Waals surface area contributed by atoms with Crippen molar-refractivity contribution in [3.63, 3.8) is 0 Å². The van der Waals surface area contributed by atoms with Gasteiger partial charge in [0.2, 0.25) is 0 Å². The minimum Gasteiger partial charge on any atom is -0.493 e. The largest absolute Gasteiger partial charge is 0.493 e. The van der Waals surface area contributed by atoms with Crippen LogP contribution in [0.2, 0.25) is 0 Å². The number of ether oxygens (including phenoxy) is 1. The zero-order chi connectivity index (χ0) is 21.3. The molecule has 1 fully saturated rings. The van der Waals surface area contributed by atoms with Crippen molar-refractivity contribution in [3.8, 4) is 22.7 Å². The van der Waals surface area contributed by atoms with Gasteiger partial charge in [-0.25, -0.2) is 4.79 Å². The molecule has 2 aromatic carbocycles. The molecule has 6 heteroatoms. The van der Waals surface area contributed by atoms with Crippen LogP contribution in [0.1, 0.15) is 47.3 Å². The van der Waals surface area contributed by atoms with Crippen LogP contribution in [0.4, 0.5) is 0 Å². The van der Waals surface area contributed by atoms with E-state index in [0.29, 0.717) is 11.5 Å². The molecule has 31 heavy (non-hydrogen) atoms. The molecule has 1 aliphatic rings. The number of hydrogen-bond acceptors (Lipinski definition) is 2. The summed E-state index contributed by atoms with van der Waals surface area (Å²) in [5, 5.41) is 9.56. The Bertz CT molecular complexity index is 1090. The molecule has 1 radical (unpaired) electrons. The molecule has 1 aromatic heterocycles. The fraction of sp³-hybridized carbons (Fsp3) is 0.320. The molecule has 1 heterocycles. The Balaban J connectivity index is 0.00000272. The molecular formula is C25H26BrNNaO3. The number of benzene rings is 2. The number of carboxylic acids is 1. The van der Waals surface area contributed by atoms with Gasteiger partial charge in [-0.3, -0.25) is 0 Å². The normalized spacial score (nSPS) is 13.8. The van der Waals surface area contributed by atoms with Gasteiger partial charge >= 0.3 is 5.97 Å². The van der Waals surface area contributed by atoms with E-state index < -0.39 is 5.97 Å². The average molecular weight is 491 g/mol. The van der Waals surface area contributed by atoms with Crippen molar-refractivity contribution in [2.24, 2.45) is 5.92 Å². The van der Waals surface area contributed by atoms with E-state index in [1.807, 2.05) is 38.1 Å². The van der Waals surface area contributed by atoms with E-state index in [4.69, 9.17) is 4.74 Å². The zero-order valence-electron chi connectivity index (χ0n) is 18.3. The first-order valence-electron chi connectivity index (χ1n) is 10.4. The molecule has 0 spiro atoms. The molecule has 3 aromatic rings. The number of carboxylic acid groups (broad SMARTS) is 1. The topological polar surface area (TPSA) is 51.5 Å². The van der Waals surface area contributed by atoms with Gasteiger partial charge in [-0.2, -0.15) is 0 Å². The summed E-state index contributed by atoms with van der Waals surface area (Å²) in [5.41, 5.74) is 4.91. The number of aryl methyl sites for hydroxylation is 2. The van der Waals surface area contributed by atoms with Gasteiger partial charge in [0.25, 0.3) is 0 Å². The van der Waals surface area contributed by atoms with Gasteiger partial charge in [-0.1, -0.05) is 34.8 Å². The number of aromatic carboxylic acids is 1. The molecular weight excluding hydrogens is 465 g/mol. The Morgan fingerprint density at radius 1 is 1.10 bits per heavy atom. The van der Waals surface area contributed by atoms with E-state index >= 15 is 0 Å². The zero-order valence-corrected chi connectivity index (χ0v) is 21.9. The number of rotatable bonds is 6. The molecule has 0 aliphatic heterocycles. The molecule has 4 rings (SSSR count).